The van der Waals surface area contributed by atoms with Crippen LogP contribution in [0.5, 0.6) is 0 Å². The van der Waals surface area contributed by atoms with E-state index < -0.39 is 30.0 Å². The molecule has 0 heterocycles. The quantitative estimate of drug-likeness (QED) is 0.721. The summed E-state index contributed by atoms with van der Waals surface area (Å²) in [6.07, 6.45) is -1.42. The van der Waals surface area contributed by atoms with Crippen molar-refractivity contribution in [2.75, 3.05) is 0 Å². The van der Waals surface area contributed by atoms with Crippen molar-refractivity contribution < 1.29 is 36.2 Å². The van der Waals surface area contributed by atoms with Crippen LogP contribution in [0.4, 0.5) is 26.3 Å². The molecule has 0 saturated carbocycles. The first-order valence-corrected chi connectivity index (χ1v) is 2.63. The van der Waals surface area contributed by atoms with Crippen molar-refractivity contribution in [2.45, 2.75) is 11.8 Å². The molecule has 0 atom stereocenters. The Kier molecular flexibility index (Phi) is 2.96. The first-order valence-electron chi connectivity index (χ1n) is 2.63. The number of allylic oxidation sites excluding steroid dienone is 1. The van der Waals surface area contributed by atoms with E-state index in [0.717, 1.165) is 0 Å². The molecule has 0 rings (SSSR count). The molecule has 13 heavy (non-hydrogen) atoms. The zero-order valence-corrected chi connectivity index (χ0v) is 5.70. The van der Waals surface area contributed by atoms with Crippen molar-refractivity contribution in [2.24, 2.45) is 0 Å². The van der Waals surface area contributed by atoms with Crippen molar-refractivity contribution >= 4 is 5.97 Å². The lowest BCUT2D eigenvalue weighted by atomic mass is 10.1. The van der Waals surface area contributed by atoms with Crippen LogP contribution in [0.25, 0.3) is 0 Å². The molecular formula is C5H2F6O2. The second kappa shape index (κ2) is 3.27. The van der Waals surface area contributed by atoms with Gasteiger partial charge in [-0.3, -0.25) is 0 Å². The second-order valence-electron chi connectivity index (χ2n) is 1.91. The fourth-order valence-corrected chi connectivity index (χ4v) is 0.353. The molecular weight excluding hydrogens is 206 g/mol. The summed E-state index contributed by atoms with van der Waals surface area (Å²) in [5.41, 5.74) is 0. The van der Waals surface area contributed by atoms with Crippen LogP contribution in [-0.2, 0) is 4.79 Å². The van der Waals surface area contributed by atoms with Gasteiger partial charge in [0.2, 0.25) is 5.83 Å². The molecule has 76 valence electrons. The molecule has 8 heteroatoms. The van der Waals surface area contributed by atoms with Crippen LogP contribution in [0.3, 0.4) is 0 Å². The van der Waals surface area contributed by atoms with Gasteiger partial charge in [-0.25, -0.2) is 13.6 Å². The number of hydrogen-bond donors (Lipinski definition) is 1. The van der Waals surface area contributed by atoms with Crippen LogP contribution < -0.4 is 0 Å². The zero-order valence-electron chi connectivity index (χ0n) is 5.70. The summed E-state index contributed by atoms with van der Waals surface area (Å²) >= 11 is 0. The Balaban J connectivity index is 5.15. The highest BCUT2D eigenvalue weighted by molar-refractivity contribution is 5.77. The highest BCUT2D eigenvalue weighted by atomic mass is 19.3. The number of rotatable bonds is 3. The molecule has 0 aromatic carbocycles. The minimum absolute atomic E-state index is 1.42. The summed E-state index contributed by atoms with van der Waals surface area (Å²) in [6, 6.07) is 0. The fraction of sp³-hybridized carbons (Fsp3) is 0.400. The molecule has 0 amide bonds. The third-order valence-electron chi connectivity index (χ3n) is 1.06. The largest absolute Gasteiger partial charge is 0.477 e. The van der Waals surface area contributed by atoms with E-state index >= 15 is 0 Å². The van der Waals surface area contributed by atoms with E-state index in [1.165, 1.54) is 0 Å². The van der Waals surface area contributed by atoms with Gasteiger partial charge in [-0.1, -0.05) is 0 Å². The molecule has 0 aromatic rings. The monoisotopic (exact) mass is 208 g/mol. The second-order valence-corrected chi connectivity index (χ2v) is 1.91. The Morgan fingerprint density at radius 3 is 1.77 bits per heavy atom. The third kappa shape index (κ3) is 1.76. The van der Waals surface area contributed by atoms with Gasteiger partial charge in [-0.05, 0) is 0 Å². The smallest absolute Gasteiger partial charge is 0.411 e. The molecule has 0 aliphatic heterocycles. The number of halogens is 6. The Bertz CT molecular complexity index is 245. The summed E-state index contributed by atoms with van der Waals surface area (Å²) in [5.74, 6) is -17.7. The molecule has 0 radical (unpaired) electrons. The van der Waals surface area contributed by atoms with Gasteiger partial charge in [0, 0.05) is 0 Å². The average Bonchev–Trinajstić information content (AvgIpc) is 2.02. The van der Waals surface area contributed by atoms with Gasteiger partial charge in [0.1, 0.15) is 6.33 Å². The Hall–Kier alpha value is -1.21. The molecule has 0 spiro atoms. The maximum Gasteiger partial charge on any atom is 0.411 e. The first kappa shape index (κ1) is 11.8. The van der Waals surface area contributed by atoms with E-state index in [1.807, 2.05) is 0 Å². The van der Waals surface area contributed by atoms with Crippen LogP contribution in [0.1, 0.15) is 0 Å². The van der Waals surface area contributed by atoms with Gasteiger partial charge < -0.3 is 5.11 Å². The van der Waals surface area contributed by atoms with Crippen molar-refractivity contribution in [3.63, 3.8) is 0 Å². The zero-order chi connectivity index (χ0) is 10.9. The van der Waals surface area contributed by atoms with Gasteiger partial charge in [-0.15, -0.1) is 0 Å². The van der Waals surface area contributed by atoms with Crippen LogP contribution in [0.15, 0.2) is 12.2 Å². The first-order chi connectivity index (χ1) is 5.67. The van der Waals surface area contributed by atoms with Gasteiger partial charge >= 0.3 is 17.8 Å². The Morgan fingerprint density at radius 1 is 1.15 bits per heavy atom. The van der Waals surface area contributed by atoms with Gasteiger partial charge in [0.25, 0.3) is 0 Å². The Labute approximate surface area is 67.5 Å². The third-order valence-corrected chi connectivity index (χ3v) is 1.06. The van der Waals surface area contributed by atoms with Crippen molar-refractivity contribution in [3.05, 3.63) is 12.2 Å². The Morgan fingerprint density at radius 2 is 1.54 bits per heavy atom. The number of hydrogen-bond acceptors (Lipinski definition) is 1. The molecule has 0 bridgehead atoms. The normalized spacial score (nSPS) is 14.5. The number of carboxylic acid groups (broad SMARTS) is 1. The predicted molar refractivity (Wildman–Crippen MR) is 27.8 cm³/mol. The lowest BCUT2D eigenvalue weighted by Crippen LogP contribution is -2.47. The van der Waals surface area contributed by atoms with E-state index in [-0.39, 0.29) is 0 Å². The molecule has 0 aliphatic carbocycles. The van der Waals surface area contributed by atoms with Crippen molar-refractivity contribution in [3.8, 4) is 0 Å². The van der Waals surface area contributed by atoms with Crippen molar-refractivity contribution in [1.82, 2.24) is 0 Å². The summed E-state index contributed by atoms with van der Waals surface area (Å²) < 4.78 is 70.9. The van der Waals surface area contributed by atoms with E-state index in [1.54, 1.807) is 0 Å². The topological polar surface area (TPSA) is 37.3 Å². The number of alkyl halides is 4. The average molecular weight is 208 g/mol. The molecule has 0 fully saturated rings. The maximum atomic E-state index is 12.0. The van der Waals surface area contributed by atoms with Gasteiger partial charge in [0.15, 0.2) is 0 Å². The molecule has 0 aromatic heterocycles. The molecule has 1 N–H and O–H groups in total. The molecule has 2 nitrogen and oxygen atoms in total. The fourth-order valence-electron chi connectivity index (χ4n) is 0.353. The van der Waals surface area contributed by atoms with Crippen LogP contribution in [0, 0.1) is 0 Å². The summed E-state index contributed by atoms with van der Waals surface area (Å²) in [7, 11) is 0. The lowest BCUT2D eigenvalue weighted by molar-refractivity contribution is -0.216. The van der Waals surface area contributed by atoms with E-state index in [9.17, 15) is 31.1 Å². The standard InChI is InChI=1S/C5H2F6O2/c6-1-2(7)4(8,9)5(10,11)3(12)13/h1H,(H,12,13)/b2-1-. The molecule has 0 aliphatic rings. The van der Waals surface area contributed by atoms with Crippen molar-refractivity contribution in [1.29, 1.82) is 0 Å². The maximum absolute atomic E-state index is 12.0. The number of aliphatic carboxylic acids is 1. The summed E-state index contributed by atoms with van der Waals surface area (Å²) in [5, 5.41) is 7.57. The van der Waals surface area contributed by atoms with Gasteiger partial charge in [0.05, 0.1) is 0 Å². The highest BCUT2D eigenvalue weighted by Gasteiger charge is 2.65. The van der Waals surface area contributed by atoms with Crippen LogP contribution in [0.2, 0.25) is 0 Å². The summed E-state index contributed by atoms with van der Waals surface area (Å²) in [4.78, 5) is 9.54. The summed E-state index contributed by atoms with van der Waals surface area (Å²) in [6.45, 7) is 0. The lowest BCUT2D eigenvalue weighted by Gasteiger charge is -2.20. The van der Waals surface area contributed by atoms with E-state index in [4.69, 9.17) is 5.11 Å². The van der Waals surface area contributed by atoms with Crippen LogP contribution in [-0.4, -0.2) is 22.9 Å². The van der Waals surface area contributed by atoms with Gasteiger partial charge in [-0.2, -0.15) is 17.6 Å². The minimum Gasteiger partial charge on any atom is -0.477 e. The highest BCUT2D eigenvalue weighted by Crippen LogP contribution is 2.40. The molecule has 0 saturated heterocycles. The van der Waals surface area contributed by atoms with E-state index in [2.05, 4.69) is 0 Å². The molecule has 0 unspecified atom stereocenters. The van der Waals surface area contributed by atoms with E-state index in [0.29, 0.717) is 0 Å². The SMILES string of the molecule is O=C(O)C(F)(F)C(F)(F)/C(F)=C/F. The predicted octanol–water partition coefficient (Wildman–Crippen LogP) is 2.12. The number of carbonyl (C=O) groups is 1. The minimum atomic E-state index is -5.69. The van der Waals surface area contributed by atoms with Crippen LogP contribution >= 0.6 is 0 Å². The number of carboxylic acids is 1.